The van der Waals surface area contributed by atoms with E-state index in [1.807, 2.05) is 12.1 Å². The number of nitrogens with zero attached hydrogens (tertiary/aromatic N) is 2. The first-order chi connectivity index (χ1) is 16.3. The Morgan fingerprint density at radius 1 is 1.21 bits per heavy atom. The number of aromatic hydroxyl groups is 1. The van der Waals surface area contributed by atoms with Crippen LogP contribution < -0.4 is 14.8 Å². The summed E-state index contributed by atoms with van der Waals surface area (Å²) < 4.78 is 11.2. The van der Waals surface area contributed by atoms with Gasteiger partial charge in [-0.3, -0.25) is 14.9 Å². The Morgan fingerprint density at radius 3 is 2.65 bits per heavy atom. The highest BCUT2D eigenvalue weighted by molar-refractivity contribution is 6.30. The SMILES string of the molecule is COc1cc(/C=C(/C#N)C(=O)Nc2ccc([N+](=O)[O-])cc2O)ccc1OCc1cccc(Cl)c1. The van der Waals surface area contributed by atoms with E-state index >= 15 is 0 Å². The molecule has 0 spiro atoms. The van der Waals surface area contributed by atoms with Crippen LogP contribution in [0.4, 0.5) is 11.4 Å². The van der Waals surface area contributed by atoms with Gasteiger partial charge in [0, 0.05) is 11.1 Å². The van der Waals surface area contributed by atoms with Gasteiger partial charge in [-0.15, -0.1) is 0 Å². The number of nitro groups is 1. The van der Waals surface area contributed by atoms with Crippen molar-refractivity contribution in [3.63, 3.8) is 0 Å². The minimum atomic E-state index is -0.799. The van der Waals surface area contributed by atoms with Gasteiger partial charge in [-0.25, -0.2) is 0 Å². The largest absolute Gasteiger partial charge is 0.506 e. The van der Waals surface area contributed by atoms with Gasteiger partial charge >= 0.3 is 0 Å². The molecule has 3 rings (SSSR count). The summed E-state index contributed by atoms with van der Waals surface area (Å²) in [7, 11) is 1.46. The van der Waals surface area contributed by atoms with Crippen molar-refractivity contribution in [1.82, 2.24) is 0 Å². The number of hydrogen-bond acceptors (Lipinski definition) is 7. The van der Waals surface area contributed by atoms with Gasteiger partial charge in [0.2, 0.25) is 0 Å². The van der Waals surface area contributed by atoms with Crippen molar-refractivity contribution >= 4 is 35.0 Å². The molecule has 0 aliphatic carbocycles. The predicted octanol–water partition coefficient (Wildman–Crippen LogP) is 5.09. The number of phenolic OH excluding ortho intramolecular Hbond substituents is 1. The molecule has 2 N–H and O–H groups in total. The molecule has 34 heavy (non-hydrogen) atoms. The van der Waals surface area contributed by atoms with Gasteiger partial charge in [-0.05, 0) is 47.5 Å². The van der Waals surface area contributed by atoms with E-state index in [2.05, 4.69) is 5.32 Å². The molecule has 1 amide bonds. The van der Waals surface area contributed by atoms with Crippen LogP contribution >= 0.6 is 11.6 Å². The lowest BCUT2D eigenvalue weighted by Gasteiger charge is -2.12. The number of hydrogen-bond donors (Lipinski definition) is 2. The molecule has 0 aliphatic heterocycles. The van der Waals surface area contributed by atoms with Gasteiger partial charge in [-0.2, -0.15) is 5.26 Å². The second-order valence-corrected chi connectivity index (χ2v) is 7.35. The topological polar surface area (TPSA) is 135 Å². The molecule has 0 heterocycles. The zero-order chi connectivity index (χ0) is 24.7. The lowest BCUT2D eigenvalue weighted by atomic mass is 10.1. The first kappa shape index (κ1) is 24.1. The van der Waals surface area contributed by atoms with E-state index in [4.69, 9.17) is 21.1 Å². The number of benzene rings is 3. The molecule has 3 aromatic carbocycles. The number of non-ortho nitro benzene ring substituents is 1. The van der Waals surface area contributed by atoms with Crippen molar-refractivity contribution < 1.29 is 24.3 Å². The summed E-state index contributed by atoms with van der Waals surface area (Å²) in [5.74, 6) is -0.450. The molecule has 0 atom stereocenters. The van der Waals surface area contributed by atoms with Crippen LogP contribution in [-0.2, 0) is 11.4 Å². The van der Waals surface area contributed by atoms with Gasteiger partial charge in [0.15, 0.2) is 11.5 Å². The summed E-state index contributed by atoms with van der Waals surface area (Å²) in [4.78, 5) is 22.6. The average molecular weight is 480 g/mol. The van der Waals surface area contributed by atoms with Gasteiger partial charge in [0.25, 0.3) is 11.6 Å². The highest BCUT2D eigenvalue weighted by atomic mass is 35.5. The molecule has 3 aromatic rings. The monoisotopic (exact) mass is 479 g/mol. The highest BCUT2D eigenvalue weighted by Crippen LogP contribution is 2.31. The molecule has 0 aromatic heterocycles. The fourth-order valence-electron chi connectivity index (χ4n) is 2.93. The molecule has 0 radical (unpaired) electrons. The van der Waals surface area contributed by atoms with E-state index < -0.39 is 16.6 Å². The summed E-state index contributed by atoms with van der Waals surface area (Å²) in [6.45, 7) is 0.261. The van der Waals surface area contributed by atoms with Crippen LogP contribution in [-0.4, -0.2) is 23.0 Å². The Labute approximate surface area is 199 Å². The lowest BCUT2D eigenvalue weighted by Crippen LogP contribution is -2.13. The number of methoxy groups -OCH3 is 1. The van der Waals surface area contributed by atoms with E-state index in [-0.39, 0.29) is 23.6 Å². The standard InChI is InChI=1S/C24H18ClN3O6/c1-33-23-11-15(5-8-22(23)34-14-16-3-2-4-18(25)10-16)9-17(13-26)24(30)27-20-7-6-19(28(31)32)12-21(20)29/h2-12,29H,14H2,1H3,(H,27,30)/b17-9-. The maximum Gasteiger partial charge on any atom is 0.273 e. The summed E-state index contributed by atoms with van der Waals surface area (Å²) >= 11 is 5.99. The number of amides is 1. The normalized spacial score (nSPS) is 10.8. The van der Waals surface area contributed by atoms with E-state index in [1.165, 1.54) is 19.3 Å². The Bertz CT molecular complexity index is 1320. The summed E-state index contributed by atoms with van der Waals surface area (Å²) in [5.41, 5.74) is 0.700. The van der Waals surface area contributed by atoms with Crippen LogP contribution in [0.5, 0.6) is 17.2 Å². The molecule has 0 bridgehead atoms. The van der Waals surface area contributed by atoms with Crippen molar-refractivity contribution in [1.29, 1.82) is 5.26 Å². The van der Waals surface area contributed by atoms with E-state index in [0.717, 1.165) is 17.7 Å². The average Bonchev–Trinajstić information content (AvgIpc) is 2.82. The predicted molar refractivity (Wildman–Crippen MR) is 126 cm³/mol. The third-order valence-corrected chi connectivity index (χ3v) is 4.82. The molecule has 0 fully saturated rings. The highest BCUT2D eigenvalue weighted by Gasteiger charge is 2.15. The molecule has 0 aliphatic rings. The quantitative estimate of drug-likeness (QED) is 0.151. The van der Waals surface area contributed by atoms with Crippen LogP contribution in [0.3, 0.4) is 0 Å². The first-order valence-electron chi connectivity index (χ1n) is 9.76. The number of nitrogens with one attached hydrogen (secondary N) is 1. The fourth-order valence-corrected chi connectivity index (χ4v) is 3.14. The summed E-state index contributed by atoms with van der Waals surface area (Å²) in [6.07, 6.45) is 1.33. The number of carbonyl (C=O) groups is 1. The van der Waals surface area contributed by atoms with Crippen LogP contribution in [0.2, 0.25) is 5.02 Å². The number of ether oxygens (including phenoxy) is 2. The van der Waals surface area contributed by atoms with Crippen LogP contribution in [0.15, 0.2) is 66.2 Å². The minimum absolute atomic E-state index is 0.0703. The molecule has 10 heteroatoms. The number of phenols is 1. The van der Waals surface area contributed by atoms with E-state index in [9.17, 15) is 25.3 Å². The van der Waals surface area contributed by atoms with Gasteiger partial charge < -0.3 is 19.9 Å². The van der Waals surface area contributed by atoms with E-state index in [0.29, 0.717) is 22.1 Å². The minimum Gasteiger partial charge on any atom is -0.506 e. The molecule has 0 saturated carbocycles. The molecular weight excluding hydrogens is 462 g/mol. The number of anilines is 1. The number of carbonyl (C=O) groups excluding carboxylic acids is 1. The summed E-state index contributed by atoms with van der Waals surface area (Å²) in [5, 5.41) is 33.1. The molecule has 0 unspecified atom stereocenters. The van der Waals surface area contributed by atoms with Crippen LogP contribution in [0.25, 0.3) is 6.08 Å². The Morgan fingerprint density at radius 2 is 2.00 bits per heavy atom. The zero-order valence-corrected chi connectivity index (χ0v) is 18.6. The molecule has 0 saturated heterocycles. The second kappa shape index (κ2) is 10.8. The number of nitriles is 1. The zero-order valence-electron chi connectivity index (χ0n) is 17.8. The molecule has 172 valence electrons. The van der Waals surface area contributed by atoms with Crippen LogP contribution in [0.1, 0.15) is 11.1 Å². The maximum atomic E-state index is 12.5. The molecule has 9 nitrogen and oxygen atoms in total. The maximum absolute atomic E-state index is 12.5. The van der Waals surface area contributed by atoms with Gasteiger partial charge in [0.1, 0.15) is 24.0 Å². The van der Waals surface area contributed by atoms with Crippen molar-refractivity contribution in [2.75, 3.05) is 12.4 Å². The van der Waals surface area contributed by atoms with Gasteiger partial charge in [-0.1, -0.05) is 29.8 Å². The van der Waals surface area contributed by atoms with Crippen molar-refractivity contribution in [2.45, 2.75) is 6.61 Å². The Balaban J connectivity index is 1.76. The summed E-state index contributed by atoms with van der Waals surface area (Å²) in [6, 6.07) is 17.1. The Kier molecular flexibility index (Phi) is 7.69. The Hall–Kier alpha value is -4.55. The third kappa shape index (κ3) is 6.03. The third-order valence-electron chi connectivity index (χ3n) is 4.59. The number of nitro benzene ring substituents is 1. The molecular formula is C24H18ClN3O6. The van der Waals surface area contributed by atoms with E-state index in [1.54, 1.807) is 36.4 Å². The number of halogens is 1. The lowest BCUT2D eigenvalue weighted by molar-refractivity contribution is -0.384. The van der Waals surface area contributed by atoms with Gasteiger partial charge in [0.05, 0.1) is 23.8 Å². The van der Waals surface area contributed by atoms with Crippen molar-refractivity contribution in [3.8, 4) is 23.3 Å². The smallest absolute Gasteiger partial charge is 0.273 e. The second-order valence-electron chi connectivity index (χ2n) is 6.91. The first-order valence-corrected chi connectivity index (χ1v) is 10.1. The van der Waals surface area contributed by atoms with Crippen molar-refractivity contribution in [2.24, 2.45) is 0 Å². The number of rotatable bonds is 8. The van der Waals surface area contributed by atoms with Crippen molar-refractivity contribution in [3.05, 3.63) is 92.5 Å². The van der Waals surface area contributed by atoms with Crippen LogP contribution in [0, 0.1) is 21.4 Å². The fraction of sp³-hybridized carbons (Fsp3) is 0.0833.